The van der Waals surface area contributed by atoms with Crippen LogP contribution in [0.4, 0.5) is 0 Å². The van der Waals surface area contributed by atoms with Gasteiger partial charge in [-0.3, -0.25) is 9.59 Å². The molecule has 13 heavy (non-hydrogen) atoms. The fourth-order valence-corrected chi connectivity index (χ4v) is 1.66. The highest BCUT2D eigenvalue weighted by molar-refractivity contribution is 5.60. The van der Waals surface area contributed by atoms with Crippen molar-refractivity contribution in [1.29, 1.82) is 0 Å². The molecular formula is C9H9NO3. The lowest BCUT2D eigenvalue weighted by molar-refractivity contribution is 0.325. The van der Waals surface area contributed by atoms with E-state index in [1.54, 1.807) is 0 Å². The Morgan fingerprint density at radius 2 is 1.46 bits per heavy atom. The van der Waals surface area contributed by atoms with Crippen LogP contribution in [0.5, 0.6) is 0 Å². The van der Waals surface area contributed by atoms with Gasteiger partial charge in [-0.15, -0.1) is 0 Å². The standard InChI is InChI=1S/C9H9NO3/c11-4-7-1-8(5-12)3-9(2-7)10-6-13/h7-9H,1-3H2. The van der Waals surface area contributed by atoms with Crippen molar-refractivity contribution >= 4 is 18.7 Å². The molecule has 2 atom stereocenters. The van der Waals surface area contributed by atoms with Crippen LogP contribution in [0, 0.1) is 11.8 Å². The van der Waals surface area contributed by atoms with Gasteiger partial charge in [0, 0.05) is 11.8 Å². The molecule has 1 aliphatic carbocycles. The molecule has 68 valence electrons. The molecule has 2 unspecified atom stereocenters. The van der Waals surface area contributed by atoms with Gasteiger partial charge in [0.1, 0.15) is 0 Å². The second-order valence-electron chi connectivity index (χ2n) is 3.21. The molecule has 0 aromatic heterocycles. The first-order chi connectivity index (χ1) is 6.30. The zero-order valence-corrected chi connectivity index (χ0v) is 7.03. The maximum Gasteiger partial charge on any atom is 0.235 e. The molecule has 0 bridgehead atoms. The van der Waals surface area contributed by atoms with Crippen molar-refractivity contribution in [2.24, 2.45) is 16.8 Å². The Kier molecular flexibility index (Phi) is 3.53. The first kappa shape index (κ1) is 9.81. The SMILES string of the molecule is O=[C]C1CC([C]=O)CC(N=C=O)C1. The number of hydrogen-bond acceptors (Lipinski definition) is 4. The molecule has 0 N–H and O–H groups in total. The van der Waals surface area contributed by atoms with Gasteiger partial charge in [-0.2, -0.15) is 0 Å². The normalized spacial score (nSPS) is 33.1. The summed E-state index contributed by atoms with van der Waals surface area (Å²) in [5, 5.41) is 0. The largest absolute Gasteiger partial charge is 0.291 e. The molecule has 1 saturated carbocycles. The molecule has 1 fully saturated rings. The Labute approximate surface area is 76.0 Å². The van der Waals surface area contributed by atoms with Gasteiger partial charge < -0.3 is 0 Å². The van der Waals surface area contributed by atoms with Crippen LogP contribution in [-0.2, 0) is 14.4 Å². The van der Waals surface area contributed by atoms with Crippen LogP contribution < -0.4 is 0 Å². The van der Waals surface area contributed by atoms with E-state index in [0.29, 0.717) is 19.3 Å². The first-order valence-electron chi connectivity index (χ1n) is 4.12. The van der Waals surface area contributed by atoms with Crippen molar-refractivity contribution in [1.82, 2.24) is 0 Å². The molecule has 1 rings (SSSR count). The Bertz CT molecular complexity index is 229. The molecule has 4 nitrogen and oxygen atoms in total. The van der Waals surface area contributed by atoms with Crippen molar-refractivity contribution in [2.45, 2.75) is 25.3 Å². The predicted molar refractivity (Wildman–Crippen MR) is 44.1 cm³/mol. The summed E-state index contributed by atoms with van der Waals surface area (Å²) in [6.07, 6.45) is 6.60. The quantitative estimate of drug-likeness (QED) is 0.463. The van der Waals surface area contributed by atoms with Gasteiger partial charge in [0.2, 0.25) is 18.7 Å². The summed E-state index contributed by atoms with van der Waals surface area (Å²) < 4.78 is 0. The maximum absolute atomic E-state index is 10.4. The average molecular weight is 179 g/mol. The number of isocyanates is 1. The Hall–Kier alpha value is -1.28. The van der Waals surface area contributed by atoms with Gasteiger partial charge >= 0.3 is 0 Å². The smallest absolute Gasteiger partial charge is 0.235 e. The topological polar surface area (TPSA) is 63.6 Å². The minimum absolute atomic E-state index is 0.260. The molecular weight excluding hydrogens is 170 g/mol. The highest BCUT2D eigenvalue weighted by Crippen LogP contribution is 2.28. The zero-order chi connectivity index (χ0) is 9.68. The van der Waals surface area contributed by atoms with Crippen LogP contribution in [0.3, 0.4) is 0 Å². The summed E-state index contributed by atoms with van der Waals surface area (Å²) in [4.78, 5) is 34.2. The maximum atomic E-state index is 10.4. The van der Waals surface area contributed by atoms with E-state index in [0.717, 1.165) is 0 Å². The van der Waals surface area contributed by atoms with Crippen molar-refractivity contribution < 1.29 is 14.4 Å². The second kappa shape index (κ2) is 4.67. The van der Waals surface area contributed by atoms with Crippen molar-refractivity contribution in [3.8, 4) is 0 Å². The van der Waals surface area contributed by atoms with Crippen LogP contribution in [0.2, 0.25) is 0 Å². The lowest BCUT2D eigenvalue weighted by Crippen LogP contribution is -2.26. The van der Waals surface area contributed by atoms with E-state index >= 15 is 0 Å². The number of rotatable bonds is 3. The third kappa shape index (κ3) is 2.60. The Balaban J connectivity index is 2.63. The average Bonchev–Trinajstić information content (AvgIpc) is 2.17. The van der Waals surface area contributed by atoms with Crippen LogP contribution in [0.25, 0.3) is 0 Å². The first-order valence-corrected chi connectivity index (χ1v) is 4.12. The lowest BCUT2D eigenvalue weighted by Gasteiger charge is -2.25. The van der Waals surface area contributed by atoms with Gasteiger partial charge in [-0.1, -0.05) is 0 Å². The number of nitrogens with zero attached hydrogens (tertiary/aromatic N) is 1. The lowest BCUT2D eigenvalue weighted by atomic mass is 9.80. The monoisotopic (exact) mass is 179 g/mol. The number of hydrogen-bond donors (Lipinski definition) is 0. The van der Waals surface area contributed by atoms with E-state index in [9.17, 15) is 14.4 Å². The van der Waals surface area contributed by atoms with Crippen LogP contribution in [0.1, 0.15) is 19.3 Å². The van der Waals surface area contributed by atoms with Crippen LogP contribution >= 0.6 is 0 Å². The summed E-state index contributed by atoms with van der Waals surface area (Å²) in [5.74, 6) is -0.579. The summed E-state index contributed by atoms with van der Waals surface area (Å²) >= 11 is 0. The van der Waals surface area contributed by atoms with E-state index in [1.165, 1.54) is 6.08 Å². The molecule has 0 saturated heterocycles. The molecule has 0 spiro atoms. The zero-order valence-electron chi connectivity index (χ0n) is 7.03. The molecule has 1 aliphatic rings. The summed E-state index contributed by atoms with van der Waals surface area (Å²) in [5.41, 5.74) is 0. The number of aliphatic imine (C=N–C) groups is 1. The van der Waals surface area contributed by atoms with E-state index < -0.39 is 0 Å². The third-order valence-corrected chi connectivity index (χ3v) is 2.25. The van der Waals surface area contributed by atoms with E-state index in [2.05, 4.69) is 4.99 Å². The van der Waals surface area contributed by atoms with Gasteiger partial charge in [0.25, 0.3) is 0 Å². The van der Waals surface area contributed by atoms with Crippen LogP contribution in [0.15, 0.2) is 4.99 Å². The fourth-order valence-electron chi connectivity index (χ4n) is 1.66. The molecule has 2 radical (unpaired) electrons. The fraction of sp³-hybridized carbons (Fsp3) is 0.667. The third-order valence-electron chi connectivity index (χ3n) is 2.25. The molecule has 0 amide bonds. The Morgan fingerprint density at radius 1 is 0.923 bits per heavy atom. The highest BCUT2D eigenvalue weighted by atomic mass is 16.1. The van der Waals surface area contributed by atoms with E-state index in [1.807, 2.05) is 12.6 Å². The van der Waals surface area contributed by atoms with E-state index in [-0.39, 0.29) is 17.9 Å². The van der Waals surface area contributed by atoms with Crippen LogP contribution in [-0.4, -0.2) is 24.7 Å². The van der Waals surface area contributed by atoms with E-state index in [4.69, 9.17) is 0 Å². The molecule has 0 aromatic carbocycles. The van der Waals surface area contributed by atoms with Crippen molar-refractivity contribution in [3.05, 3.63) is 0 Å². The second-order valence-corrected chi connectivity index (χ2v) is 3.21. The molecule has 0 aliphatic heterocycles. The highest BCUT2D eigenvalue weighted by Gasteiger charge is 2.29. The number of carbonyl (C=O) groups excluding carboxylic acids is 3. The van der Waals surface area contributed by atoms with Gasteiger partial charge in [0.05, 0.1) is 6.04 Å². The minimum atomic E-state index is -0.290. The minimum Gasteiger partial charge on any atom is -0.291 e. The summed E-state index contributed by atoms with van der Waals surface area (Å²) in [6.45, 7) is 0. The summed E-state index contributed by atoms with van der Waals surface area (Å²) in [6, 6.07) is -0.260. The molecule has 0 aromatic rings. The molecule has 0 heterocycles. The van der Waals surface area contributed by atoms with Crippen molar-refractivity contribution in [2.75, 3.05) is 0 Å². The van der Waals surface area contributed by atoms with Gasteiger partial charge in [-0.05, 0) is 19.3 Å². The van der Waals surface area contributed by atoms with Gasteiger partial charge in [0.15, 0.2) is 0 Å². The predicted octanol–water partition coefficient (Wildman–Crippen LogP) is 0.326. The van der Waals surface area contributed by atoms with Gasteiger partial charge in [-0.25, -0.2) is 9.79 Å². The molecule has 4 heteroatoms. The Morgan fingerprint density at radius 3 is 1.85 bits per heavy atom. The van der Waals surface area contributed by atoms with Crippen molar-refractivity contribution in [3.63, 3.8) is 0 Å². The summed E-state index contributed by atoms with van der Waals surface area (Å²) in [7, 11) is 0.